The Hall–Kier alpha value is -2.51. The molecule has 2 N–H and O–H groups in total. The normalized spacial score (nSPS) is 38.3. The van der Waals surface area contributed by atoms with Gasteiger partial charge in [0, 0.05) is 31.1 Å². The molecule has 1 aromatic carbocycles. The van der Waals surface area contributed by atoms with Crippen molar-refractivity contribution in [1.29, 1.82) is 0 Å². The summed E-state index contributed by atoms with van der Waals surface area (Å²) >= 11 is 0. The Labute approximate surface area is 218 Å². The Morgan fingerprint density at radius 3 is 2.76 bits per heavy atom. The van der Waals surface area contributed by atoms with E-state index in [2.05, 4.69) is 18.7 Å². The van der Waals surface area contributed by atoms with E-state index in [1.165, 1.54) is 12.8 Å². The van der Waals surface area contributed by atoms with E-state index in [1.54, 1.807) is 18.6 Å². The number of furan rings is 1. The molecule has 2 aliphatic heterocycles. The van der Waals surface area contributed by atoms with Crippen LogP contribution in [-0.4, -0.2) is 69.8 Å². The van der Waals surface area contributed by atoms with Crippen molar-refractivity contribution in [2.24, 2.45) is 11.8 Å². The molecule has 3 saturated carbocycles. The van der Waals surface area contributed by atoms with Crippen molar-refractivity contribution in [3.8, 4) is 11.5 Å². The first-order valence-electron chi connectivity index (χ1n) is 14.0. The number of likely N-dealkylation sites (N-methyl/N-ethyl adjacent to an activating group) is 1. The van der Waals surface area contributed by atoms with E-state index in [1.807, 2.05) is 24.1 Å². The van der Waals surface area contributed by atoms with Gasteiger partial charge in [-0.25, -0.2) is 0 Å². The quantitative estimate of drug-likeness (QED) is 0.639. The molecule has 37 heavy (non-hydrogen) atoms. The fourth-order valence-corrected chi connectivity index (χ4v) is 8.23. The predicted octanol–water partition coefficient (Wildman–Crippen LogP) is 3.95. The van der Waals surface area contributed by atoms with Crippen LogP contribution in [0.5, 0.6) is 11.5 Å². The minimum Gasteiger partial charge on any atom is -0.504 e. The second kappa shape index (κ2) is 8.00. The number of carbonyl (C=O) groups excluding carboxylic acids is 1. The molecule has 2 aromatic rings. The lowest BCUT2D eigenvalue weighted by Crippen LogP contribution is -2.76. The van der Waals surface area contributed by atoms with Gasteiger partial charge in [-0.3, -0.25) is 9.69 Å². The third-order valence-corrected chi connectivity index (χ3v) is 10.6. The Kier molecular flexibility index (Phi) is 5.10. The number of nitrogens with zero attached hydrogens (tertiary/aromatic N) is 2. The van der Waals surface area contributed by atoms with Crippen molar-refractivity contribution in [2.75, 3.05) is 20.1 Å². The number of rotatable bonds is 5. The average molecular weight is 507 g/mol. The van der Waals surface area contributed by atoms with Crippen molar-refractivity contribution >= 4 is 5.91 Å². The molecule has 1 spiro atoms. The van der Waals surface area contributed by atoms with Gasteiger partial charge in [0.05, 0.1) is 29.6 Å². The zero-order valence-corrected chi connectivity index (χ0v) is 22.0. The number of phenolic OH excluding ortho intramolecular Hbond substituents is 1. The van der Waals surface area contributed by atoms with Gasteiger partial charge in [-0.2, -0.15) is 0 Å². The highest BCUT2D eigenvalue weighted by Gasteiger charge is 2.71. The summed E-state index contributed by atoms with van der Waals surface area (Å²) in [5, 5.41) is 23.6. The third-order valence-electron chi connectivity index (χ3n) is 10.6. The Morgan fingerprint density at radius 1 is 1.22 bits per heavy atom. The highest BCUT2D eigenvalue weighted by Crippen LogP contribution is 2.63. The molecular formula is C30H38N2O5. The first kappa shape index (κ1) is 23.6. The number of amides is 1. The molecule has 7 heteroatoms. The second-order valence-electron chi connectivity index (χ2n) is 12.5. The van der Waals surface area contributed by atoms with Crippen LogP contribution in [0.2, 0.25) is 0 Å². The molecule has 4 fully saturated rings. The highest BCUT2D eigenvalue weighted by atomic mass is 16.5. The van der Waals surface area contributed by atoms with Crippen molar-refractivity contribution in [1.82, 2.24) is 9.80 Å². The van der Waals surface area contributed by atoms with Gasteiger partial charge in [-0.05, 0) is 94.0 Å². The number of fused-ring (bicyclic) bond motifs is 1. The van der Waals surface area contributed by atoms with Crippen LogP contribution in [-0.2, 0) is 10.2 Å². The highest BCUT2D eigenvalue weighted by molar-refractivity contribution is 5.83. The van der Waals surface area contributed by atoms with Crippen LogP contribution < -0.4 is 4.74 Å². The molecule has 3 heterocycles. The fraction of sp³-hybridized carbons (Fsp3) is 0.633. The van der Waals surface area contributed by atoms with Crippen LogP contribution in [0.4, 0.5) is 0 Å². The van der Waals surface area contributed by atoms with E-state index in [0.29, 0.717) is 18.6 Å². The number of carbonyl (C=O) groups is 1. The number of piperidine rings is 1. The van der Waals surface area contributed by atoms with E-state index in [-0.39, 0.29) is 35.6 Å². The van der Waals surface area contributed by atoms with Crippen molar-refractivity contribution < 1.29 is 24.2 Å². The molecular weight excluding hydrogens is 468 g/mol. The molecule has 1 saturated heterocycles. The van der Waals surface area contributed by atoms with Gasteiger partial charge >= 0.3 is 0 Å². The summed E-state index contributed by atoms with van der Waals surface area (Å²) in [4.78, 5) is 18.1. The zero-order valence-electron chi connectivity index (χ0n) is 22.0. The Balaban J connectivity index is 1.25. The molecule has 0 radical (unpaired) electrons. The number of benzene rings is 1. The van der Waals surface area contributed by atoms with Crippen LogP contribution in [0.1, 0.15) is 68.1 Å². The number of likely N-dealkylation sites (tertiary alicyclic amines) is 1. The van der Waals surface area contributed by atoms with Crippen LogP contribution in [0.3, 0.4) is 0 Å². The molecule has 7 atom stereocenters. The maximum absolute atomic E-state index is 13.7. The molecule has 0 bridgehead atoms. The van der Waals surface area contributed by atoms with Crippen LogP contribution in [0.15, 0.2) is 35.1 Å². The molecule has 1 aromatic heterocycles. The number of hydrogen-bond acceptors (Lipinski definition) is 6. The smallest absolute Gasteiger partial charge is 0.226 e. The molecule has 5 aliphatic rings. The van der Waals surface area contributed by atoms with E-state index in [9.17, 15) is 15.0 Å². The van der Waals surface area contributed by atoms with Crippen molar-refractivity contribution in [3.63, 3.8) is 0 Å². The van der Waals surface area contributed by atoms with Gasteiger partial charge in [0.25, 0.3) is 0 Å². The number of ether oxygens (including phenoxy) is 1. The fourth-order valence-electron chi connectivity index (χ4n) is 8.23. The summed E-state index contributed by atoms with van der Waals surface area (Å²) in [6.45, 7) is 6.14. The molecule has 198 valence electrons. The monoisotopic (exact) mass is 506 g/mol. The van der Waals surface area contributed by atoms with Crippen molar-refractivity contribution in [2.45, 2.75) is 87.5 Å². The van der Waals surface area contributed by atoms with Gasteiger partial charge in [-0.15, -0.1) is 0 Å². The minimum atomic E-state index is -1.01. The van der Waals surface area contributed by atoms with Gasteiger partial charge in [0.1, 0.15) is 6.10 Å². The van der Waals surface area contributed by atoms with Gasteiger partial charge < -0.3 is 24.3 Å². The second-order valence-corrected chi connectivity index (χ2v) is 12.5. The number of phenols is 1. The van der Waals surface area contributed by atoms with E-state index < -0.39 is 17.1 Å². The predicted molar refractivity (Wildman–Crippen MR) is 138 cm³/mol. The first-order valence-corrected chi connectivity index (χ1v) is 14.0. The average Bonchev–Trinajstić information content (AvgIpc) is 3.78. The van der Waals surface area contributed by atoms with Crippen LogP contribution in [0.25, 0.3) is 0 Å². The minimum absolute atomic E-state index is 0.0310. The zero-order chi connectivity index (χ0) is 25.7. The van der Waals surface area contributed by atoms with Gasteiger partial charge in [0.15, 0.2) is 11.5 Å². The number of aromatic hydroxyl groups is 1. The van der Waals surface area contributed by atoms with Crippen LogP contribution in [0, 0.1) is 18.8 Å². The summed E-state index contributed by atoms with van der Waals surface area (Å²) in [6.07, 6.45) is 8.43. The maximum atomic E-state index is 13.7. The summed E-state index contributed by atoms with van der Waals surface area (Å²) in [5.41, 5.74) is 1.39. The van der Waals surface area contributed by atoms with Gasteiger partial charge in [-0.1, -0.05) is 6.07 Å². The summed E-state index contributed by atoms with van der Waals surface area (Å²) in [5.74, 6) is 1.67. The largest absolute Gasteiger partial charge is 0.504 e. The number of hydrogen-bond donors (Lipinski definition) is 2. The van der Waals surface area contributed by atoms with E-state index in [0.717, 1.165) is 48.5 Å². The SMILES string of the molecule is Cc1ccc(O)c2c1[C@]13CCN(CC4CC4)[C@H](C)[C@]1(O)CCC(N(C)C(=O)C1CC1c1ccoc1)[C@@H]3O2. The number of aliphatic hydroxyl groups is 1. The summed E-state index contributed by atoms with van der Waals surface area (Å²) < 4.78 is 11.9. The van der Waals surface area contributed by atoms with Crippen molar-refractivity contribution in [3.05, 3.63) is 47.4 Å². The standard InChI is InChI=1S/C30H38N2O5/c1-17-4-7-24(33)26-25(17)29-11-12-32(15-19-5-6-19)18(2)30(29,35)10-8-23(27(29)37-26)31(3)28(34)22-14-21(22)20-9-13-36-16-20/h4,7,9,13,16,18-19,21-23,27,33,35H,5-6,8,10-12,14-15H2,1-3H3/t18-,21?,22?,23?,27+,29+,30-/m1/s1. The topological polar surface area (TPSA) is 86.4 Å². The molecule has 7 rings (SSSR count). The van der Waals surface area contributed by atoms with Crippen LogP contribution >= 0.6 is 0 Å². The lowest BCUT2D eigenvalue weighted by molar-refractivity contribution is -0.192. The van der Waals surface area contributed by atoms with E-state index in [4.69, 9.17) is 9.15 Å². The molecule has 7 nitrogen and oxygen atoms in total. The lowest BCUT2D eigenvalue weighted by atomic mass is 9.51. The summed E-state index contributed by atoms with van der Waals surface area (Å²) in [7, 11) is 1.90. The lowest BCUT2D eigenvalue weighted by Gasteiger charge is -2.62. The third kappa shape index (κ3) is 3.22. The maximum Gasteiger partial charge on any atom is 0.226 e. The summed E-state index contributed by atoms with van der Waals surface area (Å²) in [6, 6.07) is 5.38. The Morgan fingerprint density at radius 2 is 2.03 bits per heavy atom. The number of aryl methyl sites for hydroxylation is 1. The Bertz CT molecular complexity index is 1220. The molecule has 3 aliphatic carbocycles. The molecule has 3 unspecified atom stereocenters. The van der Waals surface area contributed by atoms with E-state index >= 15 is 0 Å². The molecule has 1 amide bonds. The van der Waals surface area contributed by atoms with Gasteiger partial charge in [0.2, 0.25) is 5.91 Å². The first-order chi connectivity index (χ1) is 17.8.